The predicted octanol–water partition coefficient (Wildman–Crippen LogP) is 2.03. The molecule has 3 rings (SSSR count). The van der Waals surface area contributed by atoms with Gasteiger partial charge in [0.1, 0.15) is 11.9 Å². The van der Waals surface area contributed by atoms with Crippen molar-refractivity contribution < 1.29 is 13.9 Å². The second-order valence-electron chi connectivity index (χ2n) is 5.43. The molecule has 0 spiro atoms. The molecule has 1 saturated heterocycles. The van der Waals surface area contributed by atoms with E-state index in [4.69, 9.17) is 10.5 Å². The van der Waals surface area contributed by atoms with E-state index < -0.39 is 6.10 Å². The molecule has 6 heteroatoms. The molecule has 0 bridgehead atoms. The standard InChI is InChI=1S/C15H19FN2O2.ClH/c16-11-3-5-13-10(8-11)2-1-7-18(13)15(19)14-6-4-12(9-17)20-14;/h3,5,8,12,14H,1-2,4,6-7,9,17H2;1H/t12-,14+;/m1./s1. The number of rotatable bonds is 2. The highest BCUT2D eigenvalue weighted by Gasteiger charge is 2.34. The fourth-order valence-corrected chi connectivity index (χ4v) is 3.03. The summed E-state index contributed by atoms with van der Waals surface area (Å²) in [5.74, 6) is -0.271. The Hall–Kier alpha value is -1.17. The number of amides is 1. The van der Waals surface area contributed by atoms with E-state index in [0.717, 1.165) is 30.5 Å². The molecule has 2 N–H and O–H groups in total. The van der Waals surface area contributed by atoms with Crippen LogP contribution in [-0.2, 0) is 16.0 Å². The zero-order valence-corrected chi connectivity index (χ0v) is 12.6. The molecule has 4 nitrogen and oxygen atoms in total. The molecule has 0 radical (unpaired) electrons. The number of aryl methyl sites for hydroxylation is 1. The number of benzene rings is 1. The van der Waals surface area contributed by atoms with Crippen LogP contribution in [0.1, 0.15) is 24.8 Å². The average Bonchev–Trinajstić information content (AvgIpc) is 2.94. The van der Waals surface area contributed by atoms with E-state index in [2.05, 4.69) is 0 Å². The summed E-state index contributed by atoms with van der Waals surface area (Å²) in [5.41, 5.74) is 7.30. The highest BCUT2D eigenvalue weighted by molar-refractivity contribution is 5.97. The number of halogens is 2. The van der Waals surface area contributed by atoms with Gasteiger partial charge < -0.3 is 15.4 Å². The number of anilines is 1. The van der Waals surface area contributed by atoms with Gasteiger partial charge in [-0.05, 0) is 49.4 Å². The third kappa shape index (κ3) is 3.20. The number of nitrogens with two attached hydrogens (primary N) is 1. The number of hydrogen-bond acceptors (Lipinski definition) is 3. The summed E-state index contributed by atoms with van der Waals surface area (Å²) in [5, 5.41) is 0. The molecule has 1 fully saturated rings. The van der Waals surface area contributed by atoms with Gasteiger partial charge in [0.15, 0.2) is 0 Å². The Morgan fingerprint density at radius 3 is 2.95 bits per heavy atom. The van der Waals surface area contributed by atoms with E-state index in [-0.39, 0.29) is 30.2 Å². The van der Waals surface area contributed by atoms with Crippen molar-refractivity contribution in [3.8, 4) is 0 Å². The number of ether oxygens (including phenoxy) is 1. The lowest BCUT2D eigenvalue weighted by atomic mass is 10.0. The van der Waals surface area contributed by atoms with E-state index in [1.54, 1.807) is 11.0 Å². The van der Waals surface area contributed by atoms with Gasteiger partial charge in [-0.2, -0.15) is 0 Å². The van der Waals surface area contributed by atoms with Gasteiger partial charge in [-0.3, -0.25) is 4.79 Å². The van der Waals surface area contributed by atoms with Crippen LogP contribution in [-0.4, -0.2) is 31.2 Å². The maximum absolute atomic E-state index is 13.3. The minimum Gasteiger partial charge on any atom is -0.364 e. The molecule has 0 aromatic heterocycles. The van der Waals surface area contributed by atoms with Gasteiger partial charge in [-0.1, -0.05) is 0 Å². The largest absolute Gasteiger partial charge is 0.364 e. The van der Waals surface area contributed by atoms with Gasteiger partial charge in [0.2, 0.25) is 0 Å². The molecule has 1 aromatic rings. The summed E-state index contributed by atoms with van der Waals surface area (Å²) in [4.78, 5) is 14.3. The lowest BCUT2D eigenvalue weighted by Crippen LogP contribution is -2.42. The number of carbonyl (C=O) groups excluding carboxylic acids is 1. The Labute approximate surface area is 129 Å². The first-order valence-electron chi connectivity index (χ1n) is 7.14. The van der Waals surface area contributed by atoms with Crippen molar-refractivity contribution in [1.82, 2.24) is 0 Å². The molecule has 2 heterocycles. The topological polar surface area (TPSA) is 55.6 Å². The van der Waals surface area contributed by atoms with Gasteiger partial charge in [-0.15, -0.1) is 12.4 Å². The Bertz CT molecular complexity index is 526. The van der Waals surface area contributed by atoms with Crippen molar-refractivity contribution in [2.24, 2.45) is 5.73 Å². The smallest absolute Gasteiger partial charge is 0.256 e. The molecule has 1 aromatic carbocycles. The van der Waals surface area contributed by atoms with Gasteiger partial charge in [0, 0.05) is 18.8 Å². The number of carbonyl (C=O) groups is 1. The highest BCUT2D eigenvalue weighted by Crippen LogP contribution is 2.30. The molecule has 2 atom stereocenters. The maximum Gasteiger partial charge on any atom is 0.256 e. The molecular formula is C15H20ClFN2O2. The average molecular weight is 315 g/mol. The summed E-state index contributed by atoms with van der Waals surface area (Å²) >= 11 is 0. The van der Waals surface area contributed by atoms with Crippen LogP contribution in [0.4, 0.5) is 10.1 Å². The minimum absolute atomic E-state index is 0. The second kappa shape index (κ2) is 6.73. The first-order chi connectivity index (χ1) is 9.69. The summed E-state index contributed by atoms with van der Waals surface area (Å²) in [6, 6.07) is 4.62. The van der Waals surface area contributed by atoms with Crippen LogP contribution in [0, 0.1) is 5.82 Å². The quantitative estimate of drug-likeness (QED) is 0.909. The first kappa shape index (κ1) is 16.2. The third-order valence-corrected chi connectivity index (χ3v) is 4.07. The third-order valence-electron chi connectivity index (χ3n) is 4.07. The van der Waals surface area contributed by atoms with Crippen molar-refractivity contribution in [3.05, 3.63) is 29.6 Å². The van der Waals surface area contributed by atoms with Gasteiger partial charge in [-0.25, -0.2) is 4.39 Å². The molecule has 2 aliphatic rings. The SMILES string of the molecule is Cl.NC[C@H]1CC[C@@H](C(=O)N2CCCc3cc(F)ccc32)O1. The van der Waals surface area contributed by atoms with Gasteiger partial charge in [0.25, 0.3) is 5.91 Å². The lowest BCUT2D eigenvalue weighted by Gasteiger charge is -2.31. The lowest BCUT2D eigenvalue weighted by molar-refractivity contribution is -0.129. The minimum atomic E-state index is -0.403. The fraction of sp³-hybridized carbons (Fsp3) is 0.533. The van der Waals surface area contributed by atoms with Crippen molar-refractivity contribution in [1.29, 1.82) is 0 Å². The summed E-state index contributed by atoms with van der Waals surface area (Å²) in [7, 11) is 0. The molecular weight excluding hydrogens is 295 g/mol. The second-order valence-corrected chi connectivity index (χ2v) is 5.43. The number of nitrogens with zero attached hydrogens (tertiary/aromatic N) is 1. The molecule has 0 aliphatic carbocycles. The van der Waals surface area contributed by atoms with E-state index in [1.807, 2.05) is 0 Å². The van der Waals surface area contributed by atoms with E-state index in [0.29, 0.717) is 19.5 Å². The van der Waals surface area contributed by atoms with Crippen molar-refractivity contribution in [2.75, 3.05) is 18.0 Å². The zero-order valence-electron chi connectivity index (χ0n) is 11.8. The number of fused-ring (bicyclic) bond motifs is 1. The summed E-state index contributed by atoms with van der Waals surface area (Å²) in [6.07, 6.45) is 2.80. The molecule has 116 valence electrons. The Kier molecular flexibility index (Phi) is 5.19. The Morgan fingerprint density at radius 2 is 2.24 bits per heavy atom. The number of hydrogen-bond donors (Lipinski definition) is 1. The van der Waals surface area contributed by atoms with Crippen LogP contribution in [0.15, 0.2) is 18.2 Å². The summed E-state index contributed by atoms with van der Waals surface area (Å²) < 4.78 is 19.0. The van der Waals surface area contributed by atoms with Crippen LogP contribution < -0.4 is 10.6 Å². The van der Waals surface area contributed by atoms with Crippen LogP contribution in [0.5, 0.6) is 0 Å². The van der Waals surface area contributed by atoms with Crippen LogP contribution in [0.2, 0.25) is 0 Å². The van der Waals surface area contributed by atoms with Gasteiger partial charge >= 0.3 is 0 Å². The highest BCUT2D eigenvalue weighted by atomic mass is 35.5. The monoisotopic (exact) mass is 314 g/mol. The van der Waals surface area contributed by atoms with Crippen LogP contribution in [0.25, 0.3) is 0 Å². The van der Waals surface area contributed by atoms with Gasteiger partial charge in [0.05, 0.1) is 6.10 Å². The van der Waals surface area contributed by atoms with E-state index in [9.17, 15) is 9.18 Å². The normalized spacial score (nSPS) is 24.4. The summed E-state index contributed by atoms with van der Waals surface area (Å²) in [6.45, 7) is 1.12. The first-order valence-corrected chi connectivity index (χ1v) is 7.14. The van der Waals surface area contributed by atoms with Crippen LogP contribution >= 0.6 is 12.4 Å². The molecule has 1 amide bonds. The van der Waals surface area contributed by atoms with Crippen molar-refractivity contribution >= 4 is 24.0 Å². The van der Waals surface area contributed by atoms with Crippen molar-refractivity contribution in [3.63, 3.8) is 0 Å². The molecule has 21 heavy (non-hydrogen) atoms. The predicted molar refractivity (Wildman–Crippen MR) is 81.3 cm³/mol. The molecule has 0 unspecified atom stereocenters. The van der Waals surface area contributed by atoms with E-state index in [1.165, 1.54) is 12.1 Å². The van der Waals surface area contributed by atoms with Crippen molar-refractivity contribution in [2.45, 2.75) is 37.9 Å². The Balaban J connectivity index is 0.00000161. The Morgan fingerprint density at radius 1 is 1.43 bits per heavy atom. The van der Waals surface area contributed by atoms with Crippen LogP contribution in [0.3, 0.4) is 0 Å². The van der Waals surface area contributed by atoms with E-state index >= 15 is 0 Å². The molecule has 2 aliphatic heterocycles. The molecule has 0 saturated carbocycles. The fourth-order valence-electron chi connectivity index (χ4n) is 3.03. The maximum atomic E-state index is 13.3. The zero-order chi connectivity index (χ0) is 14.1.